The summed E-state index contributed by atoms with van der Waals surface area (Å²) in [6, 6.07) is 20.6. The zero-order valence-electron chi connectivity index (χ0n) is 12.0. The number of hydrogen-bond acceptors (Lipinski definition) is 2. The molecule has 2 aromatic carbocycles. The van der Waals surface area contributed by atoms with E-state index in [0.29, 0.717) is 12.8 Å². The van der Waals surface area contributed by atoms with Crippen LogP contribution in [0.25, 0.3) is 0 Å². The molecular formula is C17H20O2P+. The van der Waals surface area contributed by atoms with E-state index in [1.165, 1.54) is 10.6 Å². The van der Waals surface area contributed by atoms with Gasteiger partial charge in [0, 0.05) is 0 Å². The van der Waals surface area contributed by atoms with Crippen molar-refractivity contribution in [2.45, 2.75) is 6.92 Å². The second kappa shape index (κ2) is 6.67. The van der Waals surface area contributed by atoms with Gasteiger partial charge in [-0.25, -0.2) is 4.79 Å². The molecule has 0 unspecified atom stereocenters. The van der Waals surface area contributed by atoms with Crippen molar-refractivity contribution >= 4 is 23.8 Å². The highest BCUT2D eigenvalue weighted by Crippen LogP contribution is 2.52. The standard InChI is InChI=1S/C17H20O2P/c1-3-19-17(18)14-20(2,15-10-6-4-7-11-15)16-12-8-5-9-13-16/h4-13H,3,14H2,1-2H3/q+1. The van der Waals surface area contributed by atoms with Gasteiger partial charge in [-0.2, -0.15) is 0 Å². The normalized spacial score (nSPS) is 11.1. The van der Waals surface area contributed by atoms with Gasteiger partial charge in [0.25, 0.3) is 0 Å². The van der Waals surface area contributed by atoms with Crippen molar-refractivity contribution in [1.82, 2.24) is 0 Å². The highest BCUT2D eigenvalue weighted by Gasteiger charge is 2.40. The molecule has 20 heavy (non-hydrogen) atoms. The van der Waals surface area contributed by atoms with Crippen LogP contribution in [0.4, 0.5) is 0 Å². The second-order valence-corrected chi connectivity index (χ2v) is 8.56. The number of carbonyl (C=O) groups is 1. The third-order valence-electron chi connectivity index (χ3n) is 3.40. The van der Waals surface area contributed by atoms with E-state index in [-0.39, 0.29) is 5.97 Å². The Bertz CT molecular complexity index is 512. The smallest absolute Gasteiger partial charge is 0.344 e. The first-order chi connectivity index (χ1) is 9.66. The van der Waals surface area contributed by atoms with Crippen LogP contribution in [0.5, 0.6) is 0 Å². The zero-order chi connectivity index (χ0) is 14.4. The van der Waals surface area contributed by atoms with Crippen LogP contribution in [-0.4, -0.2) is 25.4 Å². The van der Waals surface area contributed by atoms with Gasteiger partial charge in [-0.3, -0.25) is 0 Å². The maximum atomic E-state index is 12.0. The van der Waals surface area contributed by atoms with E-state index in [0.717, 1.165) is 0 Å². The molecule has 0 spiro atoms. The van der Waals surface area contributed by atoms with E-state index in [9.17, 15) is 4.79 Å². The summed E-state index contributed by atoms with van der Waals surface area (Å²) < 4.78 is 5.17. The van der Waals surface area contributed by atoms with Crippen molar-refractivity contribution in [3.05, 3.63) is 60.7 Å². The van der Waals surface area contributed by atoms with Crippen molar-refractivity contribution in [3.63, 3.8) is 0 Å². The monoisotopic (exact) mass is 287 g/mol. The number of benzene rings is 2. The molecule has 2 rings (SSSR count). The molecule has 0 N–H and O–H groups in total. The molecule has 2 aromatic rings. The number of rotatable bonds is 5. The van der Waals surface area contributed by atoms with E-state index in [2.05, 4.69) is 30.9 Å². The second-order valence-electron chi connectivity index (χ2n) is 4.83. The summed E-state index contributed by atoms with van der Waals surface area (Å²) in [5.41, 5.74) is 0. The maximum Gasteiger partial charge on any atom is 0.344 e. The summed E-state index contributed by atoms with van der Waals surface area (Å²) in [5, 5.41) is 2.47. The summed E-state index contributed by atoms with van der Waals surface area (Å²) in [6.07, 6.45) is 0.453. The van der Waals surface area contributed by atoms with Crippen LogP contribution >= 0.6 is 7.26 Å². The summed E-state index contributed by atoms with van der Waals surface area (Å²) in [5.74, 6) is -0.115. The fraction of sp³-hybridized carbons (Fsp3) is 0.235. The minimum Gasteiger partial charge on any atom is -0.463 e. The Morgan fingerprint density at radius 1 is 0.950 bits per heavy atom. The summed E-state index contributed by atoms with van der Waals surface area (Å²) >= 11 is 0. The Balaban J connectivity index is 2.41. The van der Waals surface area contributed by atoms with Gasteiger partial charge in [0.1, 0.15) is 0 Å². The lowest BCUT2D eigenvalue weighted by Gasteiger charge is -2.22. The van der Waals surface area contributed by atoms with E-state index < -0.39 is 7.26 Å². The molecule has 0 saturated heterocycles. The van der Waals surface area contributed by atoms with Gasteiger partial charge >= 0.3 is 5.97 Å². The lowest BCUT2D eigenvalue weighted by Crippen LogP contribution is -2.28. The number of carbonyl (C=O) groups excluding carboxylic acids is 1. The number of hydrogen-bond donors (Lipinski definition) is 0. The van der Waals surface area contributed by atoms with Crippen molar-refractivity contribution < 1.29 is 9.53 Å². The Kier molecular flexibility index (Phi) is 4.92. The Morgan fingerprint density at radius 3 is 1.80 bits per heavy atom. The molecule has 104 valence electrons. The Hall–Kier alpha value is -1.66. The molecule has 0 amide bonds. The van der Waals surface area contributed by atoms with E-state index in [4.69, 9.17) is 4.74 Å². The van der Waals surface area contributed by atoms with Crippen molar-refractivity contribution in [2.75, 3.05) is 19.4 Å². The predicted molar refractivity (Wildman–Crippen MR) is 86.5 cm³/mol. The highest BCUT2D eigenvalue weighted by atomic mass is 31.2. The largest absolute Gasteiger partial charge is 0.463 e. The Labute approximate surface area is 121 Å². The van der Waals surface area contributed by atoms with Crippen molar-refractivity contribution in [1.29, 1.82) is 0 Å². The highest BCUT2D eigenvalue weighted by molar-refractivity contribution is 7.89. The number of esters is 1. The molecule has 3 heteroatoms. The first-order valence-electron chi connectivity index (χ1n) is 6.79. The molecular weight excluding hydrogens is 267 g/mol. The van der Waals surface area contributed by atoms with Crippen LogP contribution in [0.2, 0.25) is 0 Å². The molecule has 2 nitrogen and oxygen atoms in total. The lowest BCUT2D eigenvalue weighted by molar-refractivity contribution is -0.139. The molecule has 0 aromatic heterocycles. The van der Waals surface area contributed by atoms with Crippen molar-refractivity contribution in [2.24, 2.45) is 0 Å². The fourth-order valence-electron chi connectivity index (χ4n) is 2.31. The fourth-order valence-corrected chi connectivity index (χ4v) is 5.24. The van der Waals surface area contributed by atoms with Gasteiger partial charge in [0.2, 0.25) is 0 Å². The molecule has 0 saturated carbocycles. The third-order valence-corrected chi connectivity index (χ3v) is 7.17. The van der Waals surface area contributed by atoms with Gasteiger partial charge < -0.3 is 4.74 Å². The summed E-state index contributed by atoms with van der Waals surface area (Å²) in [4.78, 5) is 12.0. The van der Waals surface area contributed by atoms with E-state index in [1.54, 1.807) is 0 Å². The molecule has 0 aliphatic carbocycles. The minimum absolute atomic E-state index is 0.115. The topological polar surface area (TPSA) is 26.3 Å². The van der Waals surface area contributed by atoms with Gasteiger partial charge in [0.15, 0.2) is 6.16 Å². The molecule has 0 heterocycles. The molecule has 0 aliphatic heterocycles. The molecule has 0 radical (unpaired) electrons. The van der Waals surface area contributed by atoms with Crippen LogP contribution in [0.15, 0.2) is 60.7 Å². The molecule has 0 fully saturated rings. The first kappa shape index (κ1) is 14.7. The van der Waals surface area contributed by atoms with Crippen LogP contribution in [0, 0.1) is 0 Å². The number of ether oxygens (including phenoxy) is 1. The van der Waals surface area contributed by atoms with Gasteiger partial charge in [-0.05, 0) is 31.2 Å². The average molecular weight is 287 g/mol. The van der Waals surface area contributed by atoms with Crippen LogP contribution in [0.3, 0.4) is 0 Å². The predicted octanol–water partition coefficient (Wildman–Crippen LogP) is 2.85. The lowest BCUT2D eigenvalue weighted by atomic mass is 10.4. The molecule has 0 atom stereocenters. The van der Waals surface area contributed by atoms with Crippen molar-refractivity contribution in [3.8, 4) is 0 Å². The molecule has 0 aliphatic rings. The SMILES string of the molecule is CCOC(=O)C[P+](C)(c1ccccc1)c1ccccc1. The van der Waals surface area contributed by atoms with E-state index in [1.807, 2.05) is 43.3 Å². The van der Waals surface area contributed by atoms with Crippen LogP contribution in [-0.2, 0) is 9.53 Å². The maximum absolute atomic E-state index is 12.0. The summed E-state index contributed by atoms with van der Waals surface area (Å²) in [6.45, 7) is 4.48. The third kappa shape index (κ3) is 3.26. The van der Waals surface area contributed by atoms with Gasteiger partial charge in [0.05, 0.1) is 31.1 Å². The average Bonchev–Trinajstić information content (AvgIpc) is 2.49. The zero-order valence-corrected chi connectivity index (χ0v) is 12.8. The quantitative estimate of drug-likeness (QED) is 0.624. The first-order valence-corrected chi connectivity index (χ1v) is 9.21. The summed E-state index contributed by atoms with van der Waals surface area (Å²) in [7, 11) is -1.73. The molecule has 0 bridgehead atoms. The van der Waals surface area contributed by atoms with E-state index >= 15 is 0 Å². The van der Waals surface area contributed by atoms with Crippen LogP contribution in [0.1, 0.15) is 6.92 Å². The van der Waals surface area contributed by atoms with Gasteiger partial charge in [-0.1, -0.05) is 36.4 Å². The van der Waals surface area contributed by atoms with Crippen LogP contribution < -0.4 is 10.6 Å². The van der Waals surface area contributed by atoms with Gasteiger partial charge in [-0.15, -0.1) is 0 Å². The Morgan fingerprint density at radius 2 is 1.40 bits per heavy atom. The minimum atomic E-state index is -1.73.